The fourth-order valence-electron chi connectivity index (χ4n) is 2.29. The lowest BCUT2D eigenvalue weighted by Gasteiger charge is -2.05. The molecule has 2 aromatic rings. The van der Waals surface area contributed by atoms with Gasteiger partial charge in [0.25, 0.3) is 0 Å². The Morgan fingerprint density at radius 3 is 2.85 bits per heavy atom. The number of H-pyrrole nitrogens is 1. The van der Waals surface area contributed by atoms with Gasteiger partial charge in [-0.15, -0.1) is 0 Å². The molecule has 0 radical (unpaired) electrons. The van der Waals surface area contributed by atoms with E-state index in [1.807, 2.05) is 24.7 Å². The number of carbonyl (C=O) groups excluding carboxylic acids is 1. The van der Waals surface area contributed by atoms with E-state index in [0.29, 0.717) is 13.0 Å². The monoisotopic (exact) mass is 275 g/mol. The molecule has 0 bridgehead atoms. The van der Waals surface area contributed by atoms with Crippen LogP contribution in [0, 0.1) is 13.8 Å². The summed E-state index contributed by atoms with van der Waals surface area (Å²) in [6, 6.07) is 1.81. The van der Waals surface area contributed by atoms with Gasteiger partial charge < -0.3 is 5.32 Å². The predicted molar refractivity (Wildman–Crippen MR) is 76.3 cm³/mol. The van der Waals surface area contributed by atoms with Crippen LogP contribution in [0.2, 0.25) is 0 Å². The molecule has 2 aromatic heterocycles. The first-order valence-corrected chi connectivity index (χ1v) is 6.82. The van der Waals surface area contributed by atoms with Crippen molar-refractivity contribution in [2.24, 2.45) is 7.05 Å². The van der Waals surface area contributed by atoms with Gasteiger partial charge in [0, 0.05) is 31.2 Å². The molecule has 0 atom stereocenters. The van der Waals surface area contributed by atoms with E-state index in [1.54, 1.807) is 6.20 Å². The molecule has 6 nitrogen and oxygen atoms in total. The van der Waals surface area contributed by atoms with Gasteiger partial charge in [0.05, 0.1) is 12.1 Å². The standard InChI is InChI=1S/C14H21N5O/c1-10-13(11(2)19(3)18-10)5-4-7-15-14(20)9-12-6-8-16-17-12/h6,8H,4-5,7,9H2,1-3H3,(H,15,20)(H,16,17). The van der Waals surface area contributed by atoms with Crippen LogP contribution in [-0.2, 0) is 24.7 Å². The summed E-state index contributed by atoms with van der Waals surface area (Å²) in [4.78, 5) is 11.7. The highest BCUT2D eigenvalue weighted by Crippen LogP contribution is 2.13. The summed E-state index contributed by atoms with van der Waals surface area (Å²) in [6.45, 7) is 4.78. The molecule has 20 heavy (non-hydrogen) atoms. The molecule has 1 amide bonds. The number of aromatic nitrogens is 4. The number of aromatic amines is 1. The van der Waals surface area contributed by atoms with E-state index < -0.39 is 0 Å². The van der Waals surface area contributed by atoms with Crippen LogP contribution in [0.3, 0.4) is 0 Å². The zero-order chi connectivity index (χ0) is 14.5. The number of aryl methyl sites for hydroxylation is 2. The lowest BCUT2D eigenvalue weighted by Crippen LogP contribution is -2.26. The van der Waals surface area contributed by atoms with Crippen molar-refractivity contribution in [1.29, 1.82) is 0 Å². The van der Waals surface area contributed by atoms with Gasteiger partial charge >= 0.3 is 0 Å². The van der Waals surface area contributed by atoms with E-state index in [0.717, 1.165) is 24.2 Å². The maximum atomic E-state index is 11.7. The van der Waals surface area contributed by atoms with Gasteiger partial charge in [0.2, 0.25) is 5.91 Å². The molecular formula is C14H21N5O. The smallest absolute Gasteiger partial charge is 0.225 e. The molecule has 0 aromatic carbocycles. The molecule has 6 heteroatoms. The Hall–Kier alpha value is -2.11. The van der Waals surface area contributed by atoms with Crippen molar-refractivity contribution in [3.8, 4) is 0 Å². The van der Waals surface area contributed by atoms with E-state index in [1.165, 1.54) is 11.3 Å². The Kier molecular flexibility index (Phi) is 4.55. The maximum Gasteiger partial charge on any atom is 0.225 e. The Labute approximate surface area is 118 Å². The zero-order valence-corrected chi connectivity index (χ0v) is 12.2. The van der Waals surface area contributed by atoms with Gasteiger partial charge in [-0.1, -0.05) is 0 Å². The summed E-state index contributed by atoms with van der Waals surface area (Å²) in [5.74, 6) is 0.0221. The highest BCUT2D eigenvalue weighted by Gasteiger charge is 2.09. The van der Waals surface area contributed by atoms with Crippen molar-refractivity contribution in [2.45, 2.75) is 33.1 Å². The lowest BCUT2D eigenvalue weighted by molar-refractivity contribution is -0.120. The third kappa shape index (κ3) is 3.46. The Morgan fingerprint density at radius 1 is 1.45 bits per heavy atom. The summed E-state index contributed by atoms with van der Waals surface area (Å²) in [6.07, 6.45) is 3.86. The van der Waals surface area contributed by atoms with Crippen LogP contribution >= 0.6 is 0 Å². The van der Waals surface area contributed by atoms with Crippen LogP contribution in [0.15, 0.2) is 12.3 Å². The van der Waals surface area contributed by atoms with E-state index in [4.69, 9.17) is 0 Å². The van der Waals surface area contributed by atoms with Gasteiger partial charge in [-0.2, -0.15) is 10.2 Å². The van der Waals surface area contributed by atoms with Gasteiger partial charge in [0.15, 0.2) is 0 Å². The van der Waals surface area contributed by atoms with Crippen molar-refractivity contribution >= 4 is 5.91 Å². The van der Waals surface area contributed by atoms with Gasteiger partial charge in [0.1, 0.15) is 0 Å². The summed E-state index contributed by atoms with van der Waals surface area (Å²) < 4.78 is 1.90. The first kappa shape index (κ1) is 14.3. The molecule has 2 N–H and O–H groups in total. The molecule has 0 saturated carbocycles. The van der Waals surface area contributed by atoms with E-state index in [-0.39, 0.29) is 5.91 Å². The summed E-state index contributed by atoms with van der Waals surface area (Å²) in [7, 11) is 1.96. The molecule has 0 unspecified atom stereocenters. The molecule has 0 spiro atoms. The molecule has 0 aliphatic rings. The first-order chi connectivity index (χ1) is 9.58. The summed E-state index contributed by atoms with van der Waals surface area (Å²) >= 11 is 0. The number of amides is 1. The average molecular weight is 275 g/mol. The average Bonchev–Trinajstić information content (AvgIpc) is 2.97. The number of carbonyl (C=O) groups is 1. The molecule has 0 saturated heterocycles. The second-order valence-corrected chi connectivity index (χ2v) is 4.99. The number of hydrogen-bond donors (Lipinski definition) is 2. The summed E-state index contributed by atoms with van der Waals surface area (Å²) in [5, 5.41) is 13.9. The van der Waals surface area contributed by atoms with Crippen LogP contribution in [0.4, 0.5) is 0 Å². The van der Waals surface area contributed by atoms with Crippen molar-refractivity contribution in [2.75, 3.05) is 6.54 Å². The minimum absolute atomic E-state index is 0.0221. The predicted octanol–water partition coefficient (Wildman–Crippen LogP) is 1.05. The van der Waals surface area contributed by atoms with Gasteiger partial charge in [-0.25, -0.2) is 0 Å². The molecule has 2 heterocycles. The van der Waals surface area contributed by atoms with Gasteiger partial charge in [-0.05, 0) is 38.3 Å². The SMILES string of the molecule is Cc1nn(C)c(C)c1CCCNC(=O)Cc1ccn[nH]1. The first-order valence-electron chi connectivity index (χ1n) is 6.82. The minimum atomic E-state index is 0.0221. The fraction of sp³-hybridized carbons (Fsp3) is 0.500. The van der Waals surface area contributed by atoms with Crippen LogP contribution in [0.5, 0.6) is 0 Å². The fourth-order valence-corrected chi connectivity index (χ4v) is 2.29. The molecule has 2 rings (SSSR count). The van der Waals surface area contributed by atoms with Crippen molar-refractivity contribution < 1.29 is 4.79 Å². The largest absolute Gasteiger partial charge is 0.356 e. The molecule has 0 fully saturated rings. The number of nitrogens with one attached hydrogen (secondary N) is 2. The number of hydrogen-bond acceptors (Lipinski definition) is 3. The van der Waals surface area contributed by atoms with Crippen molar-refractivity contribution in [3.05, 3.63) is 34.9 Å². The normalized spacial score (nSPS) is 10.8. The zero-order valence-electron chi connectivity index (χ0n) is 12.2. The highest BCUT2D eigenvalue weighted by molar-refractivity contribution is 5.77. The number of nitrogens with zero attached hydrogens (tertiary/aromatic N) is 3. The third-order valence-electron chi connectivity index (χ3n) is 3.49. The van der Waals surface area contributed by atoms with Crippen molar-refractivity contribution in [3.63, 3.8) is 0 Å². The van der Waals surface area contributed by atoms with Crippen molar-refractivity contribution in [1.82, 2.24) is 25.3 Å². The van der Waals surface area contributed by atoms with E-state index in [9.17, 15) is 4.79 Å². The molecule has 108 valence electrons. The topological polar surface area (TPSA) is 75.6 Å². The van der Waals surface area contributed by atoms with Gasteiger partial charge in [-0.3, -0.25) is 14.6 Å². The van der Waals surface area contributed by atoms with Crippen LogP contribution in [0.25, 0.3) is 0 Å². The third-order valence-corrected chi connectivity index (χ3v) is 3.49. The quantitative estimate of drug-likeness (QED) is 0.774. The lowest BCUT2D eigenvalue weighted by atomic mass is 10.1. The summed E-state index contributed by atoms with van der Waals surface area (Å²) in [5.41, 5.74) is 4.40. The highest BCUT2D eigenvalue weighted by atomic mass is 16.1. The second kappa shape index (κ2) is 6.36. The Balaban J connectivity index is 1.72. The van der Waals surface area contributed by atoms with Crippen LogP contribution in [-0.4, -0.2) is 32.4 Å². The second-order valence-electron chi connectivity index (χ2n) is 4.99. The maximum absolute atomic E-state index is 11.7. The van der Waals surface area contributed by atoms with E-state index >= 15 is 0 Å². The Morgan fingerprint density at radius 2 is 2.25 bits per heavy atom. The van der Waals surface area contributed by atoms with E-state index in [2.05, 4.69) is 27.5 Å². The van der Waals surface area contributed by atoms with Crippen LogP contribution in [0.1, 0.15) is 29.1 Å². The molecule has 0 aliphatic heterocycles. The number of rotatable bonds is 6. The van der Waals surface area contributed by atoms with Crippen LogP contribution < -0.4 is 5.32 Å². The Bertz CT molecular complexity index is 571. The molecule has 0 aliphatic carbocycles. The minimum Gasteiger partial charge on any atom is -0.356 e. The molecular weight excluding hydrogens is 254 g/mol.